The van der Waals surface area contributed by atoms with E-state index in [4.69, 9.17) is 14.2 Å². The molecule has 2 aromatic rings. The minimum absolute atomic E-state index is 0.0736. The topological polar surface area (TPSA) is 123 Å². The summed E-state index contributed by atoms with van der Waals surface area (Å²) in [7, 11) is 4.08. The smallest absolute Gasteiger partial charge is 0.340 e. The maximum atomic E-state index is 13.1. The molecule has 2 atom stereocenters. The second kappa shape index (κ2) is 9.88. The maximum Gasteiger partial charge on any atom is 0.340 e. The average Bonchev–Trinajstić information content (AvgIpc) is 2.90. The fourth-order valence-electron chi connectivity index (χ4n) is 4.22. The molecule has 1 aliphatic heterocycles. The van der Waals surface area contributed by atoms with E-state index in [2.05, 4.69) is 10.7 Å². The quantitative estimate of drug-likeness (QED) is 0.482. The molecule has 3 amide bonds. The minimum Gasteiger partial charge on any atom is -0.493 e. The number of nitrogens with one attached hydrogen (secondary N) is 2. The van der Waals surface area contributed by atoms with Gasteiger partial charge in [-0.05, 0) is 31.0 Å². The number of hydrogen-bond acceptors (Lipinski definition) is 7. The highest BCUT2D eigenvalue weighted by atomic mass is 16.5. The van der Waals surface area contributed by atoms with E-state index in [-0.39, 0.29) is 28.6 Å². The fraction of sp³-hybridized carbons (Fsp3) is 0.280. The van der Waals surface area contributed by atoms with Crippen LogP contribution in [0.2, 0.25) is 0 Å². The zero-order valence-electron chi connectivity index (χ0n) is 19.5. The van der Waals surface area contributed by atoms with E-state index >= 15 is 0 Å². The first-order chi connectivity index (χ1) is 16.9. The van der Waals surface area contributed by atoms with Gasteiger partial charge in [0.25, 0.3) is 5.91 Å². The van der Waals surface area contributed by atoms with E-state index in [1.807, 2.05) is 12.2 Å². The standard InChI is InChI=1S/C25H25N3O7/c1-33-20-12-18(25(32)35-3)19(13-21(20)34-2)26-22(29)14-7-6-8-15(11-14)28-24(31)17-10-5-4-9-16(17)23(30)27-28/h4-8,11-13,16-17H,9-10H2,1-3H3,(H,26,29)(H,27,30)/t16-,17-/m0/s1. The van der Waals surface area contributed by atoms with Gasteiger partial charge in [-0.1, -0.05) is 18.2 Å². The summed E-state index contributed by atoms with van der Waals surface area (Å²) in [4.78, 5) is 51.0. The number of fused-ring (bicyclic) bond motifs is 1. The van der Waals surface area contributed by atoms with Gasteiger partial charge < -0.3 is 19.5 Å². The molecule has 10 nitrogen and oxygen atoms in total. The van der Waals surface area contributed by atoms with Gasteiger partial charge in [0.05, 0.1) is 50.1 Å². The first kappa shape index (κ1) is 23.8. The molecule has 35 heavy (non-hydrogen) atoms. The number of amides is 3. The molecule has 0 aromatic heterocycles. The highest BCUT2D eigenvalue weighted by molar-refractivity contribution is 6.10. The van der Waals surface area contributed by atoms with Crippen LogP contribution in [0.15, 0.2) is 48.6 Å². The van der Waals surface area contributed by atoms with Crippen molar-refractivity contribution in [1.29, 1.82) is 0 Å². The molecule has 2 N–H and O–H groups in total. The molecule has 10 heteroatoms. The summed E-state index contributed by atoms with van der Waals surface area (Å²) < 4.78 is 15.3. The highest BCUT2D eigenvalue weighted by Crippen LogP contribution is 2.35. The number of hydrazine groups is 1. The Labute approximate surface area is 201 Å². The molecule has 1 fully saturated rings. The van der Waals surface area contributed by atoms with Crippen LogP contribution in [-0.2, 0) is 14.3 Å². The lowest BCUT2D eigenvalue weighted by atomic mass is 9.80. The van der Waals surface area contributed by atoms with E-state index in [0.29, 0.717) is 30.0 Å². The number of nitrogens with zero attached hydrogens (tertiary/aromatic N) is 1. The van der Waals surface area contributed by atoms with Gasteiger partial charge >= 0.3 is 5.97 Å². The van der Waals surface area contributed by atoms with Crippen LogP contribution in [0.5, 0.6) is 11.5 Å². The Morgan fingerprint density at radius 2 is 1.66 bits per heavy atom. The van der Waals surface area contributed by atoms with Crippen molar-refractivity contribution < 1.29 is 33.4 Å². The van der Waals surface area contributed by atoms with Gasteiger partial charge in [-0.25, -0.2) is 9.80 Å². The summed E-state index contributed by atoms with van der Waals surface area (Å²) >= 11 is 0. The van der Waals surface area contributed by atoms with Crippen molar-refractivity contribution in [3.8, 4) is 11.5 Å². The second-order valence-corrected chi connectivity index (χ2v) is 8.05. The third-order valence-electron chi connectivity index (χ3n) is 6.07. The molecule has 1 aliphatic carbocycles. The Hall–Kier alpha value is -4.34. The Morgan fingerprint density at radius 1 is 0.971 bits per heavy atom. The van der Waals surface area contributed by atoms with E-state index < -0.39 is 23.7 Å². The van der Waals surface area contributed by atoms with Crippen molar-refractivity contribution in [3.63, 3.8) is 0 Å². The summed E-state index contributed by atoms with van der Waals surface area (Å²) in [5.74, 6) is -1.92. The van der Waals surface area contributed by atoms with Crippen molar-refractivity contribution >= 4 is 35.1 Å². The van der Waals surface area contributed by atoms with Crippen LogP contribution in [0.4, 0.5) is 11.4 Å². The van der Waals surface area contributed by atoms with Gasteiger partial charge in [-0.3, -0.25) is 19.8 Å². The van der Waals surface area contributed by atoms with Crippen LogP contribution < -0.4 is 25.2 Å². The normalized spacial score (nSPS) is 18.9. The Morgan fingerprint density at radius 3 is 2.34 bits per heavy atom. The number of hydrogen-bond donors (Lipinski definition) is 2. The summed E-state index contributed by atoms with van der Waals surface area (Å²) in [6, 6.07) is 9.15. The van der Waals surface area contributed by atoms with E-state index in [9.17, 15) is 19.2 Å². The monoisotopic (exact) mass is 479 g/mol. The van der Waals surface area contributed by atoms with Crippen molar-refractivity contribution in [2.45, 2.75) is 12.8 Å². The van der Waals surface area contributed by atoms with Gasteiger partial charge in [0.15, 0.2) is 11.5 Å². The van der Waals surface area contributed by atoms with Gasteiger partial charge in [-0.2, -0.15) is 0 Å². The second-order valence-electron chi connectivity index (χ2n) is 8.05. The molecular formula is C25H25N3O7. The molecule has 4 rings (SSSR count). The molecule has 0 radical (unpaired) electrons. The number of allylic oxidation sites excluding steroid dienone is 2. The molecule has 1 heterocycles. The summed E-state index contributed by atoms with van der Waals surface area (Å²) in [5, 5.41) is 3.88. The largest absolute Gasteiger partial charge is 0.493 e. The summed E-state index contributed by atoms with van der Waals surface area (Å²) in [6.07, 6.45) is 4.82. The number of carbonyl (C=O) groups is 4. The van der Waals surface area contributed by atoms with Gasteiger partial charge in [0.2, 0.25) is 11.8 Å². The Kier molecular flexibility index (Phi) is 6.72. The lowest BCUT2D eigenvalue weighted by Crippen LogP contribution is -2.59. The number of esters is 1. The Bertz CT molecular complexity index is 1220. The van der Waals surface area contributed by atoms with E-state index in [1.165, 1.54) is 44.5 Å². The zero-order valence-corrected chi connectivity index (χ0v) is 19.5. The van der Waals surface area contributed by atoms with Crippen LogP contribution in [0.25, 0.3) is 0 Å². The first-order valence-electron chi connectivity index (χ1n) is 10.9. The predicted molar refractivity (Wildman–Crippen MR) is 126 cm³/mol. The molecule has 0 bridgehead atoms. The molecule has 0 spiro atoms. The predicted octanol–water partition coefficient (Wildman–Crippen LogP) is 2.70. The van der Waals surface area contributed by atoms with E-state index in [1.54, 1.807) is 18.2 Å². The highest BCUT2D eigenvalue weighted by Gasteiger charge is 2.42. The molecule has 2 aromatic carbocycles. The van der Waals surface area contributed by atoms with Crippen LogP contribution in [-0.4, -0.2) is 45.0 Å². The molecular weight excluding hydrogens is 454 g/mol. The average molecular weight is 479 g/mol. The van der Waals surface area contributed by atoms with Gasteiger partial charge in [0, 0.05) is 17.7 Å². The molecule has 1 saturated heterocycles. The molecule has 2 aliphatic rings. The van der Waals surface area contributed by atoms with Gasteiger partial charge in [0.1, 0.15) is 0 Å². The SMILES string of the molecule is COC(=O)c1cc(OC)c(OC)cc1NC(=O)c1cccc(N2NC(=O)[C@H]3CC=CC[C@@H]3C2=O)c1. The van der Waals surface area contributed by atoms with Crippen molar-refractivity contribution in [1.82, 2.24) is 5.43 Å². The maximum absolute atomic E-state index is 13.1. The third kappa shape index (κ3) is 4.54. The van der Waals surface area contributed by atoms with Crippen LogP contribution in [0.3, 0.4) is 0 Å². The van der Waals surface area contributed by atoms with Crippen LogP contribution in [0.1, 0.15) is 33.6 Å². The summed E-state index contributed by atoms with van der Waals surface area (Å²) in [6.45, 7) is 0. The lowest BCUT2D eigenvalue weighted by molar-refractivity contribution is -0.139. The first-order valence-corrected chi connectivity index (χ1v) is 10.9. The zero-order chi connectivity index (χ0) is 25.1. The van der Waals surface area contributed by atoms with Crippen molar-refractivity contribution in [3.05, 3.63) is 59.7 Å². The van der Waals surface area contributed by atoms with Gasteiger partial charge in [-0.15, -0.1) is 0 Å². The van der Waals surface area contributed by atoms with Crippen molar-refractivity contribution in [2.75, 3.05) is 31.7 Å². The third-order valence-corrected chi connectivity index (χ3v) is 6.07. The number of anilines is 2. The summed E-state index contributed by atoms with van der Waals surface area (Å²) in [5.41, 5.74) is 3.44. The number of benzene rings is 2. The molecule has 0 saturated carbocycles. The van der Waals surface area contributed by atoms with Crippen LogP contribution in [0, 0.1) is 11.8 Å². The number of ether oxygens (including phenoxy) is 3. The molecule has 182 valence electrons. The number of methoxy groups -OCH3 is 3. The Balaban J connectivity index is 1.62. The molecule has 0 unspecified atom stereocenters. The minimum atomic E-state index is -0.673. The lowest BCUT2D eigenvalue weighted by Gasteiger charge is -2.38. The number of carbonyl (C=O) groups excluding carboxylic acids is 4. The van der Waals surface area contributed by atoms with Crippen molar-refractivity contribution in [2.24, 2.45) is 11.8 Å². The number of rotatable bonds is 6. The van der Waals surface area contributed by atoms with Crippen LogP contribution >= 0.6 is 0 Å². The fourth-order valence-corrected chi connectivity index (χ4v) is 4.22. The van der Waals surface area contributed by atoms with E-state index in [0.717, 1.165) is 0 Å².